The van der Waals surface area contributed by atoms with Gasteiger partial charge in [0.2, 0.25) is 0 Å². The minimum Gasteiger partial charge on any atom is -0.311 e. The van der Waals surface area contributed by atoms with E-state index in [0.29, 0.717) is 22.5 Å². The van der Waals surface area contributed by atoms with Crippen molar-refractivity contribution in [1.29, 1.82) is 0 Å². The molecule has 74 heavy (non-hydrogen) atoms. The Morgan fingerprint density at radius 3 is 0.878 bits per heavy atom. The second-order valence-electron chi connectivity index (χ2n) is 18.3. The van der Waals surface area contributed by atoms with Gasteiger partial charge in [-0.25, -0.2) is 0 Å². The first-order valence-electron chi connectivity index (χ1n) is 24.7. The van der Waals surface area contributed by atoms with Crippen LogP contribution in [-0.2, 0) is 9.59 Å². The fraction of sp³-hybridized carbons (Fsp3) is 0.0294. The average Bonchev–Trinajstić information content (AvgIpc) is 3.88. The third kappa shape index (κ3) is 8.75. The lowest BCUT2D eigenvalue weighted by Crippen LogP contribution is -2.25. The third-order valence-electron chi connectivity index (χ3n) is 13.9. The van der Waals surface area contributed by atoms with E-state index in [1.165, 1.54) is 0 Å². The zero-order valence-electron chi connectivity index (χ0n) is 41.3. The molecule has 11 rings (SSSR count). The Bertz CT molecular complexity index is 3550. The standard InChI is InChI=1S/C68H52N4O2/c1-5-16-47(6-2)51-23-35-57(36-24-51)71(58-37-25-52(26-38-58)48-17-10-7-11-18-48)61-43-31-55(32-44-61)65-63-64(68(74)69(65)3)66(70(4)67(63)73)56-33-45-62(46-34-56)72(59-39-27-53(28-40-59)49-19-12-8-13-20-49)60-41-29-54(30-42-60)50-21-14-9-15-22-50/h5-46H,1-2H2,3-4H3. The quantitative estimate of drug-likeness (QED) is 0.102. The summed E-state index contributed by atoms with van der Waals surface area (Å²) < 4.78 is 0. The summed E-state index contributed by atoms with van der Waals surface area (Å²) >= 11 is 0. The monoisotopic (exact) mass is 956 g/mol. The molecule has 0 aliphatic carbocycles. The molecule has 0 atom stereocenters. The molecule has 0 spiro atoms. The summed E-state index contributed by atoms with van der Waals surface area (Å²) in [6, 6.07) is 81.4. The number of rotatable bonds is 14. The molecule has 9 aromatic carbocycles. The Morgan fingerprint density at radius 2 is 0.608 bits per heavy atom. The number of fused-ring (bicyclic) bond motifs is 1. The first kappa shape index (κ1) is 46.6. The van der Waals surface area contributed by atoms with Gasteiger partial charge in [0.1, 0.15) is 0 Å². The van der Waals surface area contributed by atoms with E-state index in [-0.39, 0.29) is 11.8 Å². The molecule has 2 aliphatic rings. The minimum absolute atomic E-state index is 0.223. The lowest BCUT2D eigenvalue weighted by Gasteiger charge is -2.27. The molecule has 0 saturated carbocycles. The van der Waals surface area contributed by atoms with Gasteiger partial charge in [-0.15, -0.1) is 0 Å². The number of carbonyl (C=O) groups excluding carboxylic acids is 2. The van der Waals surface area contributed by atoms with Crippen LogP contribution in [0.4, 0.5) is 34.1 Å². The predicted molar refractivity (Wildman–Crippen MR) is 306 cm³/mol. The molecular weight excluding hydrogens is 905 g/mol. The van der Waals surface area contributed by atoms with Gasteiger partial charge >= 0.3 is 0 Å². The van der Waals surface area contributed by atoms with E-state index >= 15 is 0 Å². The molecule has 0 radical (unpaired) electrons. The number of hydrogen-bond donors (Lipinski definition) is 0. The minimum atomic E-state index is -0.223. The number of allylic oxidation sites excluding steroid dienone is 4. The Morgan fingerprint density at radius 1 is 0.351 bits per heavy atom. The summed E-state index contributed by atoms with van der Waals surface area (Å²) in [5, 5.41) is 0. The zero-order chi connectivity index (χ0) is 50.7. The molecule has 2 heterocycles. The fourth-order valence-electron chi connectivity index (χ4n) is 10.1. The van der Waals surface area contributed by atoms with Crippen molar-refractivity contribution in [2.24, 2.45) is 0 Å². The molecule has 0 fully saturated rings. The highest BCUT2D eigenvalue weighted by Gasteiger charge is 2.46. The molecule has 0 saturated heterocycles. The van der Waals surface area contributed by atoms with E-state index in [2.05, 4.69) is 193 Å². The van der Waals surface area contributed by atoms with Crippen LogP contribution in [0.2, 0.25) is 0 Å². The maximum atomic E-state index is 14.5. The Labute approximate surface area is 433 Å². The smallest absolute Gasteiger partial charge is 0.261 e. The molecule has 2 aliphatic heterocycles. The van der Waals surface area contributed by atoms with Gasteiger partial charge in [0, 0.05) is 48.2 Å². The van der Waals surface area contributed by atoms with Crippen molar-refractivity contribution in [1.82, 2.24) is 9.80 Å². The number of benzene rings is 9. The summed E-state index contributed by atoms with van der Waals surface area (Å²) in [5.41, 5.74) is 18.1. The van der Waals surface area contributed by atoms with Gasteiger partial charge in [0.25, 0.3) is 11.8 Å². The zero-order valence-corrected chi connectivity index (χ0v) is 41.3. The van der Waals surface area contributed by atoms with E-state index in [4.69, 9.17) is 0 Å². The maximum Gasteiger partial charge on any atom is 0.261 e. The summed E-state index contributed by atoms with van der Waals surface area (Å²) in [6.07, 6.45) is 5.54. The normalized spacial score (nSPS) is 13.4. The summed E-state index contributed by atoms with van der Waals surface area (Å²) in [7, 11) is 3.51. The number of carbonyl (C=O) groups is 2. The average molecular weight is 957 g/mol. The topological polar surface area (TPSA) is 47.1 Å². The molecule has 6 nitrogen and oxygen atoms in total. The van der Waals surface area contributed by atoms with Crippen molar-refractivity contribution in [2.45, 2.75) is 0 Å². The molecule has 2 amide bonds. The second kappa shape index (κ2) is 20.1. The van der Waals surface area contributed by atoms with Crippen molar-refractivity contribution < 1.29 is 9.59 Å². The predicted octanol–water partition coefficient (Wildman–Crippen LogP) is 16.4. The number of hydrogen-bond acceptors (Lipinski definition) is 4. The highest BCUT2D eigenvalue weighted by atomic mass is 16.2. The van der Waals surface area contributed by atoms with Crippen molar-refractivity contribution in [3.63, 3.8) is 0 Å². The van der Waals surface area contributed by atoms with E-state index < -0.39 is 0 Å². The van der Waals surface area contributed by atoms with Gasteiger partial charge in [-0.1, -0.05) is 195 Å². The van der Waals surface area contributed by atoms with Gasteiger partial charge in [-0.2, -0.15) is 0 Å². The molecule has 0 N–H and O–H groups in total. The van der Waals surface area contributed by atoms with Crippen molar-refractivity contribution >= 4 is 62.9 Å². The molecule has 0 unspecified atom stereocenters. The van der Waals surface area contributed by atoms with E-state index in [1.54, 1.807) is 30.0 Å². The van der Waals surface area contributed by atoms with Gasteiger partial charge in [-0.3, -0.25) is 9.59 Å². The molecule has 356 valence electrons. The van der Waals surface area contributed by atoms with E-state index in [1.807, 2.05) is 78.9 Å². The molecule has 9 aromatic rings. The van der Waals surface area contributed by atoms with Gasteiger partial charge in [0.15, 0.2) is 0 Å². The molecule has 0 bridgehead atoms. The Hall–Kier alpha value is -9.78. The first-order valence-corrected chi connectivity index (χ1v) is 24.7. The maximum absolute atomic E-state index is 14.5. The fourth-order valence-corrected chi connectivity index (χ4v) is 10.1. The van der Waals surface area contributed by atoms with Crippen LogP contribution in [0.3, 0.4) is 0 Å². The summed E-state index contributed by atoms with van der Waals surface area (Å²) in [4.78, 5) is 36.6. The van der Waals surface area contributed by atoms with Crippen LogP contribution in [0.1, 0.15) is 16.7 Å². The van der Waals surface area contributed by atoms with Crippen LogP contribution < -0.4 is 9.80 Å². The largest absolute Gasteiger partial charge is 0.311 e. The highest BCUT2D eigenvalue weighted by molar-refractivity contribution is 6.30. The van der Waals surface area contributed by atoms with Crippen LogP contribution in [0, 0.1) is 0 Å². The van der Waals surface area contributed by atoms with Gasteiger partial charge in [0.05, 0.1) is 22.5 Å². The summed E-state index contributed by atoms with van der Waals surface area (Å²) in [6.45, 7) is 7.88. The number of anilines is 6. The number of amides is 2. The van der Waals surface area contributed by atoms with Gasteiger partial charge < -0.3 is 19.6 Å². The SMILES string of the molecule is C=CC=C(C=C)c1ccc(N(c2ccc(C3=C4C(=O)N(C)C(c5ccc(N(c6ccc(-c7ccccc7)cc6)c6ccc(-c7ccccc7)cc6)cc5)=C4C(=O)N3C)cc2)c2ccc(-c3ccccc3)cc2)cc1. The van der Waals surface area contributed by atoms with E-state index in [9.17, 15) is 9.59 Å². The third-order valence-corrected chi connectivity index (χ3v) is 13.9. The number of likely N-dealkylation sites (N-methyl/N-ethyl adjacent to an activating group) is 2. The molecule has 6 heteroatoms. The Balaban J connectivity index is 0.936. The van der Waals surface area contributed by atoms with Crippen molar-refractivity contribution in [3.05, 3.63) is 296 Å². The molecular formula is C68H52N4O2. The van der Waals surface area contributed by atoms with Crippen molar-refractivity contribution in [2.75, 3.05) is 23.9 Å². The van der Waals surface area contributed by atoms with Crippen LogP contribution in [0.5, 0.6) is 0 Å². The lowest BCUT2D eigenvalue weighted by molar-refractivity contribution is -0.123. The molecule has 0 aromatic heterocycles. The Kier molecular flexibility index (Phi) is 12.7. The van der Waals surface area contributed by atoms with Crippen LogP contribution in [0.15, 0.2) is 279 Å². The lowest BCUT2D eigenvalue weighted by atomic mass is 10.0. The van der Waals surface area contributed by atoms with Crippen molar-refractivity contribution in [3.8, 4) is 33.4 Å². The summed E-state index contributed by atoms with van der Waals surface area (Å²) in [5.74, 6) is -0.446. The first-order chi connectivity index (χ1) is 36.3. The van der Waals surface area contributed by atoms with Crippen LogP contribution >= 0.6 is 0 Å². The highest BCUT2D eigenvalue weighted by Crippen LogP contribution is 2.47. The van der Waals surface area contributed by atoms with Gasteiger partial charge in [-0.05, 0) is 128 Å². The second-order valence-corrected chi connectivity index (χ2v) is 18.3. The van der Waals surface area contributed by atoms with Crippen LogP contribution in [0.25, 0.3) is 50.3 Å². The van der Waals surface area contributed by atoms with E-state index in [0.717, 1.165) is 89.8 Å². The van der Waals surface area contributed by atoms with Crippen LogP contribution in [-0.4, -0.2) is 35.7 Å². The number of nitrogens with zero attached hydrogens (tertiary/aromatic N) is 4.